The molecule has 1 amide bonds. The molecule has 0 aromatic heterocycles. The number of alkyl halides is 2. The van der Waals surface area contributed by atoms with Gasteiger partial charge in [-0.05, 0) is 18.9 Å². The number of hydrogen-bond acceptors (Lipinski definition) is 1. The number of rotatable bonds is 6. The zero-order chi connectivity index (χ0) is 13.6. The van der Waals surface area contributed by atoms with Gasteiger partial charge in [0.15, 0.2) is 0 Å². The van der Waals surface area contributed by atoms with Crippen molar-refractivity contribution < 1.29 is 4.79 Å². The monoisotopic (exact) mass is 375 g/mol. The van der Waals surface area contributed by atoms with E-state index in [1.165, 1.54) is 5.56 Å². The van der Waals surface area contributed by atoms with Crippen LogP contribution in [0.5, 0.6) is 0 Å². The lowest BCUT2D eigenvalue weighted by atomic mass is 10.0. The molecule has 1 rings (SSSR count). The Morgan fingerprint density at radius 2 is 2.00 bits per heavy atom. The Kier molecular flexibility index (Phi) is 6.36. The predicted molar refractivity (Wildman–Crippen MR) is 83.6 cm³/mol. The molecular weight excluding hydrogens is 358 g/mol. The lowest BCUT2D eigenvalue weighted by Crippen LogP contribution is -2.51. The normalized spacial score (nSPS) is 11.3. The summed E-state index contributed by atoms with van der Waals surface area (Å²) in [7, 11) is 0. The number of carbonyl (C=O) groups excluding carboxylic acids is 1. The summed E-state index contributed by atoms with van der Waals surface area (Å²) in [4.78, 5) is 12.1. The average Bonchev–Trinajstić information content (AvgIpc) is 2.36. The zero-order valence-electron chi connectivity index (χ0n) is 10.8. The SMILES string of the molecule is CCC(CBr)(CBr)NC(=O)Cc1cccc(C)c1. The molecule has 0 aliphatic carbocycles. The number of hydrogen-bond donors (Lipinski definition) is 1. The molecule has 0 aliphatic rings. The molecule has 4 heteroatoms. The summed E-state index contributed by atoms with van der Waals surface area (Å²) in [5, 5.41) is 4.62. The second-order valence-electron chi connectivity index (χ2n) is 4.62. The van der Waals surface area contributed by atoms with Gasteiger partial charge in [-0.15, -0.1) is 0 Å². The van der Waals surface area contributed by atoms with Gasteiger partial charge < -0.3 is 5.32 Å². The molecule has 0 aliphatic heterocycles. The minimum atomic E-state index is -0.194. The van der Waals surface area contributed by atoms with Crippen LogP contribution in [-0.2, 0) is 11.2 Å². The van der Waals surface area contributed by atoms with Crippen LogP contribution in [0.4, 0.5) is 0 Å². The van der Waals surface area contributed by atoms with E-state index in [1.54, 1.807) is 0 Å². The molecule has 1 aromatic carbocycles. The highest BCUT2D eigenvalue weighted by Crippen LogP contribution is 2.17. The summed E-state index contributed by atoms with van der Waals surface area (Å²) >= 11 is 6.95. The second kappa shape index (κ2) is 7.29. The Morgan fingerprint density at radius 1 is 1.33 bits per heavy atom. The number of nitrogens with one attached hydrogen (secondary N) is 1. The molecule has 1 aromatic rings. The van der Waals surface area contributed by atoms with Crippen molar-refractivity contribution in [1.29, 1.82) is 0 Å². The first-order chi connectivity index (χ1) is 8.55. The van der Waals surface area contributed by atoms with E-state index in [0.29, 0.717) is 6.42 Å². The fraction of sp³-hybridized carbons (Fsp3) is 0.500. The maximum absolute atomic E-state index is 12.1. The summed E-state index contributed by atoms with van der Waals surface area (Å²) in [5.74, 6) is 0.0707. The van der Waals surface area contributed by atoms with Crippen LogP contribution >= 0.6 is 31.9 Å². The summed E-state index contributed by atoms with van der Waals surface area (Å²) in [6, 6.07) is 8.06. The Hall–Kier alpha value is -0.350. The first-order valence-corrected chi connectivity index (χ1v) is 8.28. The van der Waals surface area contributed by atoms with Gasteiger partial charge in [0.25, 0.3) is 0 Å². The maximum Gasteiger partial charge on any atom is 0.224 e. The van der Waals surface area contributed by atoms with Gasteiger partial charge in [0.05, 0.1) is 12.0 Å². The van der Waals surface area contributed by atoms with Gasteiger partial charge in [0.1, 0.15) is 0 Å². The molecule has 18 heavy (non-hydrogen) atoms. The zero-order valence-corrected chi connectivity index (χ0v) is 14.0. The van der Waals surface area contributed by atoms with Crippen molar-refractivity contribution in [2.24, 2.45) is 0 Å². The molecule has 0 saturated carbocycles. The lowest BCUT2D eigenvalue weighted by molar-refractivity contribution is -0.121. The van der Waals surface area contributed by atoms with Crippen molar-refractivity contribution in [3.05, 3.63) is 35.4 Å². The van der Waals surface area contributed by atoms with Crippen molar-refractivity contribution >= 4 is 37.8 Å². The first-order valence-electron chi connectivity index (χ1n) is 6.03. The highest BCUT2D eigenvalue weighted by Gasteiger charge is 2.27. The van der Waals surface area contributed by atoms with Crippen LogP contribution in [0.1, 0.15) is 24.5 Å². The molecule has 1 N–H and O–H groups in total. The second-order valence-corrected chi connectivity index (χ2v) is 5.74. The Bertz CT molecular complexity index is 394. The number of aryl methyl sites for hydroxylation is 1. The van der Waals surface area contributed by atoms with Crippen molar-refractivity contribution in [2.45, 2.75) is 32.2 Å². The van der Waals surface area contributed by atoms with Crippen LogP contribution in [0.2, 0.25) is 0 Å². The quantitative estimate of drug-likeness (QED) is 0.755. The van der Waals surface area contributed by atoms with E-state index in [1.807, 2.05) is 25.1 Å². The van der Waals surface area contributed by atoms with Gasteiger partial charge in [-0.3, -0.25) is 4.79 Å². The van der Waals surface area contributed by atoms with Crippen LogP contribution in [-0.4, -0.2) is 22.1 Å². The average molecular weight is 377 g/mol. The largest absolute Gasteiger partial charge is 0.349 e. The Morgan fingerprint density at radius 3 is 2.50 bits per heavy atom. The minimum Gasteiger partial charge on any atom is -0.349 e. The molecule has 100 valence electrons. The van der Waals surface area contributed by atoms with Crippen molar-refractivity contribution in [1.82, 2.24) is 5.32 Å². The van der Waals surface area contributed by atoms with E-state index in [4.69, 9.17) is 0 Å². The van der Waals surface area contributed by atoms with Gasteiger partial charge in [-0.25, -0.2) is 0 Å². The minimum absolute atomic E-state index is 0.0707. The molecule has 0 saturated heterocycles. The topological polar surface area (TPSA) is 29.1 Å². The first kappa shape index (κ1) is 15.7. The van der Waals surface area contributed by atoms with Gasteiger partial charge >= 0.3 is 0 Å². The summed E-state index contributed by atoms with van der Waals surface area (Å²) in [6.45, 7) is 4.12. The van der Waals surface area contributed by atoms with Crippen LogP contribution in [0.3, 0.4) is 0 Å². The predicted octanol–water partition coefficient (Wildman–Crippen LogP) is 3.59. The Balaban J connectivity index is 2.66. The van der Waals surface area contributed by atoms with Gasteiger partial charge in [0.2, 0.25) is 5.91 Å². The van der Waals surface area contributed by atoms with Crippen LogP contribution in [0.15, 0.2) is 24.3 Å². The van der Waals surface area contributed by atoms with E-state index in [0.717, 1.165) is 22.6 Å². The molecule has 0 radical (unpaired) electrons. The molecule has 0 fully saturated rings. The number of benzene rings is 1. The highest BCUT2D eigenvalue weighted by molar-refractivity contribution is 9.09. The number of carbonyl (C=O) groups is 1. The van der Waals surface area contributed by atoms with Gasteiger partial charge in [-0.2, -0.15) is 0 Å². The standard InChI is InChI=1S/C14H19Br2NO/c1-3-14(9-15,10-16)17-13(18)8-12-6-4-5-11(2)7-12/h4-7H,3,8-10H2,1-2H3,(H,17,18). The van der Waals surface area contributed by atoms with E-state index in [-0.39, 0.29) is 11.4 Å². The van der Waals surface area contributed by atoms with Crippen LogP contribution in [0.25, 0.3) is 0 Å². The van der Waals surface area contributed by atoms with E-state index < -0.39 is 0 Å². The third-order valence-electron chi connectivity index (χ3n) is 3.04. The molecular formula is C14H19Br2NO. The number of amides is 1. The molecule has 0 bridgehead atoms. The molecule has 2 nitrogen and oxygen atoms in total. The third-order valence-corrected chi connectivity index (χ3v) is 5.19. The van der Waals surface area contributed by atoms with Crippen LogP contribution in [0, 0.1) is 6.92 Å². The Labute approximate surface area is 126 Å². The van der Waals surface area contributed by atoms with Gasteiger partial charge in [0, 0.05) is 10.7 Å². The fourth-order valence-electron chi connectivity index (χ4n) is 1.73. The summed E-state index contributed by atoms with van der Waals surface area (Å²) in [5.41, 5.74) is 2.05. The van der Waals surface area contributed by atoms with Crippen molar-refractivity contribution in [3.8, 4) is 0 Å². The molecule has 0 spiro atoms. The molecule has 0 heterocycles. The van der Waals surface area contributed by atoms with Crippen LogP contribution < -0.4 is 5.32 Å². The van der Waals surface area contributed by atoms with Crippen molar-refractivity contribution in [3.63, 3.8) is 0 Å². The highest BCUT2D eigenvalue weighted by atomic mass is 79.9. The van der Waals surface area contributed by atoms with E-state index in [2.05, 4.69) is 50.2 Å². The maximum atomic E-state index is 12.1. The van der Waals surface area contributed by atoms with Crippen molar-refractivity contribution in [2.75, 3.05) is 10.7 Å². The van der Waals surface area contributed by atoms with Gasteiger partial charge in [-0.1, -0.05) is 68.6 Å². The molecule has 0 unspecified atom stereocenters. The summed E-state index contributed by atoms with van der Waals surface area (Å²) in [6.07, 6.45) is 1.33. The van der Waals surface area contributed by atoms with E-state index >= 15 is 0 Å². The molecule has 0 atom stereocenters. The third kappa shape index (κ3) is 4.39. The lowest BCUT2D eigenvalue weighted by Gasteiger charge is -2.30. The van der Waals surface area contributed by atoms with E-state index in [9.17, 15) is 4.79 Å². The summed E-state index contributed by atoms with van der Waals surface area (Å²) < 4.78 is 0. The smallest absolute Gasteiger partial charge is 0.224 e. The number of halogens is 2. The fourth-order valence-corrected chi connectivity index (χ4v) is 3.73.